The first-order valence-electron chi connectivity index (χ1n) is 19.4. The van der Waals surface area contributed by atoms with Gasteiger partial charge in [0, 0.05) is 43.8 Å². The molecule has 8 rings (SSSR count). The number of alkyl halides is 5. The van der Waals surface area contributed by atoms with Gasteiger partial charge in [0.15, 0.2) is 0 Å². The van der Waals surface area contributed by atoms with Crippen LogP contribution in [0.5, 0.6) is 0 Å². The zero-order chi connectivity index (χ0) is 44.3. The molecule has 0 aliphatic heterocycles. The smallest absolute Gasteiger partial charge is 0.207 e. The summed E-state index contributed by atoms with van der Waals surface area (Å²) in [6, 6.07) is 49.2. The number of rotatable bonds is 10. The predicted molar refractivity (Wildman–Crippen MR) is 272 cm³/mol. The van der Waals surface area contributed by atoms with Crippen LogP contribution in [0.15, 0.2) is 213 Å². The first-order chi connectivity index (χ1) is 29.8. The van der Waals surface area contributed by atoms with Crippen molar-refractivity contribution in [1.82, 2.24) is 0 Å². The summed E-state index contributed by atoms with van der Waals surface area (Å²) in [5.41, 5.74) is 7.64. The van der Waals surface area contributed by atoms with Crippen LogP contribution in [0.3, 0.4) is 0 Å². The van der Waals surface area contributed by atoms with Crippen LogP contribution in [0, 0.1) is 0 Å². The highest BCUT2D eigenvalue weighted by Crippen LogP contribution is 2.47. The molecule has 0 bridgehead atoms. The van der Waals surface area contributed by atoms with Crippen LogP contribution in [-0.4, -0.2) is 22.9 Å². The molecule has 11 heteroatoms. The van der Waals surface area contributed by atoms with E-state index in [0.29, 0.717) is 34.0 Å². The molecule has 0 spiro atoms. The quantitative estimate of drug-likeness (QED) is 0.128. The highest BCUT2D eigenvalue weighted by Gasteiger charge is 2.31. The first-order valence-corrected chi connectivity index (χ1v) is 25.6. The third-order valence-corrected chi connectivity index (χ3v) is 14.6. The van der Waals surface area contributed by atoms with E-state index in [2.05, 4.69) is 76.6 Å². The minimum atomic E-state index is -3.85. The third kappa shape index (κ3) is 13.0. The molecule has 0 heterocycles. The summed E-state index contributed by atoms with van der Waals surface area (Å²) in [6.07, 6.45) is 10.7. The Morgan fingerprint density at radius 2 is 0.855 bits per heavy atom. The van der Waals surface area contributed by atoms with Crippen molar-refractivity contribution in [3.63, 3.8) is 0 Å². The number of sulfone groups is 1. The molecule has 318 valence electrons. The van der Waals surface area contributed by atoms with Crippen LogP contribution in [0.1, 0.15) is 24.0 Å². The van der Waals surface area contributed by atoms with E-state index in [4.69, 9.17) is 69.6 Å². The van der Waals surface area contributed by atoms with Gasteiger partial charge >= 0.3 is 0 Å². The monoisotopic (exact) mass is 1040 g/mol. The van der Waals surface area contributed by atoms with Crippen molar-refractivity contribution in [1.29, 1.82) is 0 Å². The fourth-order valence-corrected chi connectivity index (χ4v) is 11.1. The Morgan fingerprint density at radius 1 is 0.516 bits per heavy atom. The van der Waals surface area contributed by atoms with Gasteiger partial charge in [-0.3, -0.25) is 0 Å². The molecule has 0 aromatic heterocycles. The van der Waals surface area contributed by atoms with Gasteiger partial charge in [0.25, 0.3) is 0 Å². The van der Waals surface area contributed by atoms with E-state index in [1.807, 2.05) is 90.8 Å². The minimum Gasteiger partial charge on any atom is -0.218 e. The van der Waals surface area contributed by atoms with Gasteiger partial charge in [-0.25, -0.2) is 8.42 Å². The normalized spacial score (nSPS) is 15.3. The van der Waals surface area contributed by atoms with Gasteiger partial charge in [0.2, 0.25) is 9.84 Å². The number of hydrogen-bond acceptors (Lipinski definition) is 3. The van der Waals surface area contributed by atoms with Crippen LogP contribution < -0.4 is 0 Å². The van der Waals surface area contributed by atoms with Crippen molar-refractivity contribution in [2.24, 2.45) is 0 Å². The molecule has 2 aliphatic rings. The average molecular weight is 1040 g/mol. The van der Waals surface area contributed by atoms with Crippen molar-refractivity contribution in [2.75, 3.05) is 5.83 Å². The zero-order valence-corrected chi connectivity index (χ0v) is 41.2. The average Bonchev–Trinajstić information content (AvgIpc) is 3.27. The van der Waals surface area contributed by atoms with Gasteiger partial charge < -0.3 is 0 Å². The van der Waals surface area contributed by atoms with Crippen molar-refractivity contribution in [2.45, 2.75) is 44.1 Å². The minimum absolute atomic E-state index is 0.201. The van der Waals surface area contributed by atoms with E-state index in [9.17, 15) is 8.42 Å². The maximum Gasteiger partial charge on any atom is 0.207 e. The van der Waals surface area contributed by atoms with E-state index in [1.54, 1.807) is 48.2 Å². The number of halogens is 7. The second kappa shape index (κ2) is 22.1. The molecule has 2 aliphatic carbocycles. The number of benzene rings is 6. The molecule has 6 aromatic rings. The van der Waals surface area contributed by atoms with E-state index in [-0.39, 0.29) is 9.79 Å². The molecule has 0 atom stereocenters. The van der Waals surface area contributed by atoms with E-state index >= 15 is 0 Å². The summed E-state index contributed by atoms with van der Waals surface area (Å²) >= 11 is 43.0. The third-order valence-electron chi connectivity index (χ3n) is 9.92. The van der Waals surface area contributed by atoms with E-state index in [1.165, 1.54) is 32.1 Å². The summed E-state index contributed by atoms with van der Waals surface area (Å²) in [4.78, 5) is 2.77. The Balaban J connectivity index is 0.000000199. The van der Waals surface area contributed by atoms with Gasteiger partial charge in [-0.05, 0) is 113 Å². The standard InChI is InChI=1S/C26H22Cl4S.C24H16Cl2O2S.CH3Br/c27-25(28)13-11-23(21(17-25)15-19-7-3-1-4-8-19)31-24-12-14-26(29,30)18-22(24)16-20-9-5-2-6-10-20;25-19-11-13-23(21(15-19)17-7-3-1-4-8-17)29(27,28)24-14-12-20(26)16-22(24)18-9-5-2-6-10-18;1-2/h1-14H,15-18H2;1-16H;1H3. The molecule has 0 N–H and O–H groups in total. The number of thioether (sulfide) groups is 1. The van der Waals surface area contributed by atoms with Gasteiger partial charge in [-0.1, -0.05) is 219 Å². The van der Waals surface area contributed by atoms with Gasteiger partial charge in [0.05, 0.1) is 9.79 Å². The van der Waals surface area contributed by atoms with Crippen molar-refractivity contribution >= 4 is 107 Å². The topological polar surface area (TPSA) is 34.1 Å². The summed E-state index contributed by atoms with van der Waals surface area (Å²) < 4.78 is 25.8. The van der Waals surface area contributed by atoms with Crippen LogP contribution >= 0.6 is 97.3 Å². The molecule has 2 nitrogen and oxygen atoms in total. The summed E-state index contributed by atoms with van der Waals surface area (Å²) in [6.45, 7) is 0. The fraction of sp³-hybridized carbons (Fsp3) is 0.137. The second-order valence-electron chi connectivity index (χ2n) is 14.4. The van der Waals surface area contributed by atoms with Crippen LogP contribution in [-0.2, 0) is 22.7 Å². The second-order valence-corrected chi connectivity index (χ2v) is 21.3. The molecule has 0 unspecified atom stereocenters. The Kier molecular flexibility index (Phi) is 17.2. The van der Waals surface area contributed by atoms with Crippen molar-refractivity contribution < 1.29 is 8.42 Å². The maximum absolute atomic E-state index is 13.8. The SMILES string of the molecule is CBr.ClC1(Cl)C=CC(SC2=C(Cc3ccccc3)CC(Cl)(Cl)C=C2)=C(Cc2ccccc2)C1.O=S(=O)(c1ccc(Cl)cc1-c1ccccc1)c1ccc(Cl)cc1-c1ccccc1. The molecule has 0 saturated carbocycles. The Bertz CT molecular complexity index is 2520. The molecule has 6 aromatic carbocycles. The molecule has 62 heavy (non-hydrogen) atoms. The number of allylic oxidation sites excluding steroid dienone is 6. The molecule has 0 saturated heterocycles. The Morgan fingerprint density at radius 3 is 1.21 bits per heavy atom. The zero-order valence-electron chi connectivity index (χ0n) is 33.4. The molecule has 0 amide bonds. The largest absolute Gasteiger partial charge is 0.218 e. The lowest BCUT2D eigenvalue weighted by molar-refractivity contribution is 0.596. The fourth-order valence-electron chi connectivity index (χ4n) is 7.08. The van der Waals surface area contributed by atoms with Gasteiger partial charge in [-0.15, -0.1) is 0 Å². The Labute approximate surface area is 408 Å². The molecule has 0 fully saturated rings. The van der Waals surface area contributed by atoms with Crippen LogP contribution in [0.4, 0.5) is 0 Å². The van der Waals surface area contributed by atoms with Crippen LogP contribution in [0.2, 0.25) is 10.0 Å². The summed E-state index contributed by atoms with van der Waals surface area (Å²) in [7, 11) is -3.85. The molecular weight excluding hydrogens is 1000 g/mol. The van der Waals surface area contributed by atoms with Crippen molar-refractivity contribution in [3.05, 3.63) is 224 Å². The lowest BCUT2D eigenvalue weighted by Gasteiger charge is -2.28. The van der Waals surface area contributed by atoms with E-state index < -0.39 is 18.5 Å². The number of hydrogen-bond donors (Lipinski definition) is 0. The van der Waals surface area contributed by atoms with Crippen molar-refractivity contribution in [3.8, 4) is 22.3 Å². The summed E-state index contributed by atoms with van der Waals surface area (Å²) in [5.74, 6) is 1.81. The lowest BCUT2D eigenvalue weighted by Crippen LogP contribution is -2.17. The van der Waals surface area contributed by atoms with Crippen LogP contribution in [0.25, 0.3) is 22.3 Å². The van der Waals surface area contributed by atoms with Gasteiger partial charge in [0.1, 0.15) is 8.67 Å². The Hall–Kier alpha value is -3.20. The highest BCUT2D eigenvalue weighted by molar-refractivity contribution is 9.08. The van der Waals surface area contributed by atoms with Gasteiger partial charge in [-0.2, -0.15) is 0 Å². The molecular formula is C51H41BrCl6O2S2. The highest BCUT2D eigenvalue weighted by atomic mass is 79.9. The molecule has 0 radical (unpaired) electrons. The van der Waals surface area contributed by atoms with E-state index in [0.717, 1.165) is 24.0 Å². The maximum atomic E-state index is 13.8. The summed E-state index contributed by atoms with van der Waals surface area (Å²) in [5, 5.41) is 0.949. The predicted octanol–water partition coefficient (Wildman–Crippen LogP) is 17.2. The first kappa shape index (κ1) is 48.3. The lowest BCUT2D eigenvalue weighted by atomic mass is 9.96.